The van der Waals surface area contributed by atoms with Gasteiger partial charge in [0.1, 0.15) is 6.54 Å². The van der Waals surface area contributed by atoms with E-state index in [4.69, 9.17) is 4.98 Å². The van der Waals surface area contributed by atoms with Gasteiger partial charge in [0.25, 0.3) is 11.2 Å². The molecule has 0 fully saturated rings. The summed E-state index contributed by atoms with van der Waals surface area (Å²) in [6.45, 7) is 0.303. The maximum absolute atomic E-state index is 13.3. The molecule has 11 nitrogen and oxygen atoms in total. The quantitative estimate of drug-likeness (QED) is 0.132. The molecule has 1 N–H and O–H groups in total. The summed E-state index contributed by atoms with van der Waals surface area (Å²) in [6.07, 6.45) is 1.66. The lowest BCUT2D eigenvalue weighted by molar-refractivity contribution is -0.384. The minimum absolute atomic E-state index is 0.0588. The number of hydrogen-bond acceptors (Lipinski definition) is 8. The second-order valence-corrected chi connectivity index (χ2v) is 9.28. The summed E-state index contributed by atoms with van der Waals surface area (Å²) < 4.78 is 3.06. The predicted molar refractivity (Wildman–Crippen MR) is 143 cm³/mol. The summed E-state index contributed by atoms with van der Waals surface area (Å²) in [6, 6.07) is 22.5. The van der Waals surface area contributed by atoms with Gasteiger partial charge in [-0.05, 0) is 29.8 Å². The number of anilines is 1. The van der Waals surface area contributed by atoms with E-state index >= 15 is 0 Å². The van der Waals surface area contributed by atoms with Crippen LogP contribution in [0.15, 0.2) is 95.0 Å². The van der Waals surface area contributed by atoms with Crippen molar-refractivity contribution in [3.05, 3.63) is 117 Å². The number of benzene rings is 3. The summed E-state index contributed by atoms with van der Waals surface area (Å²) in [5.74, 6) is 0.0413. The molecule has 38 heavy (non-hydrogen) atoms. The number of rotatable bonds is 9. The highest BCUT2D eigenvalue weighted by molar-refractivity contribution is 7.98. The van der Waals surface area contributed by atoms with E-state index in [-0.39, 0.29) is 23.7 Å². The van der Waals surface area contributed by atoms with Crippen LogP contribution in [0, 0.1) is 10.1 Å². The van der Waals surface area contributed by atoms with Gasteiger partial charge >= 0.3 is 0 Å². The van der Waals surface area contributed by atoms with Gasteiger partial charge < -0.3 is 5.32 Å². The van der Waals surface area contributed by atoms with Gasteiger partial charge in [0, 0.05) is 29.8 Å². The third-order valence-corrected chi connectivity index (χ3v) is 6.62. The smallest absolute Gasteiger partial charge is 0.269 e. The first-order valence-electron chi connectivity index (χ1n) is 11.6. The van der Waals surface area contributed by atoms with Crippen molar-refractivity contribution >= 4 is 39.9 Å². The zero-order valence-electron chi connectivity index (χ0n) is 19.9. The van der Waals surface area contributed by atoms with Crippen LogP contribution in [0.4, 0.5) is 11.4 Å². The Kier molecular flexibility index (Phi) is 7.22. The standard InChI is InChI=1S/C26H21N7O4S/c34-24(27-19-10-12-21(13-11-19)33(36)37)16-31-15-20(29-30-31)17-38-26-28-23-9-5-4-8-22(23)25(35)32(26)14-18-6-2-1-3-7-18/h1-13,15H,14,16-17H2,(H,27,34). The number of nitrogens with one attached hydrogen (secondary N) is 1. The van der Waals surface area contributed by atoms with Crippen molar-refractivity contribution in [2.24, 2.45) is 0 Å². The van der Waals surface area contributed by atoms with Crippen LogP contribution in [-0.4, -0.2) is 35.4 Å². The van der Waals surface area contributed by atoms with Crippen LogP contribution in [0.1, 0.15) is 11.3 Å². The van der Waals surface area contributed by atoms with Crippen molar-refractivity contribution in [3.8, 4) is 0 Å². The SMILES string of the molecule is O=C(Cn1cc(CSc2nc3ccccc3c(=O)n2Cc2ccccc2)nn1)Nc1ccc([N+](=O)[O-])cc1. The molecule has 1 amide bonds. The Labute approximate surface area is 220 Å². The highest BCUT2D eigenvalue weighted by Gasteiger charge is 2.14. The molecule has 0 atom stereocenters. The second-order valence-electron chi connectivity index (χ2n) is 8.34. The molecule has 0 radical (unpaired) electrons. The molecule has 3 aromatic carbocycles. The molecule has 0 saturated heterocycles. The lowest BCUT2D eigenvalue weighted by atomic mass is 10.2. The predicted octanol–water partition coefficient (Wildman–Crippen LogP) is 3.88. The van der Waals surface area contributed by atoms with Crippen LogP contribution >= 0.6 is 11.8 Å². The fraction of sp³-hybridized carbons (Fsp3) is 0.115. The van der Waals surface area contributed by atoms with Crippen LogP contribution < -0.4 is 10.9 Å². The van der Waals surface area contributed by atoms with Crippen LogP contribution in [0.5, 0.6) is 0 Å². The number of para-hydroxylation sites is 1. The van der Waals surface area contributed by atoms with E-state index in [0.29, 0.717) is 39.7 Å². The van der Waals surface area contributed by atoms with Crippen LogP contribution in [0.2, 0.25) is 0 Å². The Balaban J connectivity index is 1.28. The number of nitro benzene ring substituents is 1. The molecular formula is C26H21N7O4S. The van der Waals surface area contributed by atoms with E-state index in [1.165, 1.54) is 40.7 Å². The molecule has 0 aliphatic rings. The number of hydrogen-bond donors (Lipinski definition) is 1. The van der Waals surface area contributed by atoms with Crippen molar-refractivity contribution < 1.29 is 9.72 Å². The molecule has 190 valence electrons. The maximum atomic E-state index is 13.3. The molecule has 0 aliphatic heterocycles. The van der Waals surface area contributed by atoms with Gasteiger partial charge in [-0.2, -0.15) is 0 Å². The Morgan fingerprint density at radius 1 is 1.00 bits per heavy atom. The molecule has 0 bridgehead atoms. The number of thioether (sulfide) groups is 1. The third-order valence-electron chi connectivity index (χ3n) is 5.61. The number of amides is 1. The second kappa shape index (κ2) is 11.0. The Morgan fingerprint density at radius 2 is 1.74 bits per heavy atom. The number of fused-ring (bicyclic) bond motifs is 1. The average Bonchev–Trinajstić information content (AvgIpc) is 3.37. The Hall–Kier alpha value is -4.84. The van der Waals surface area contributed by atoms with E-state index in [0.717, 1.165) is 5.56 Å². The largest absolute Gasteiger partial charge is 0.324 e. The van der Waals surface area contributed by atoms with Gasteiger partial charge in [0.05, 0.1) is 28.1 Å². The zero-order chi connectivity index (χ0) is 26.5. The number of carbonyl (C=O) groups is 1. The van der Waals surface area contributed by atoms with Gasteiger partial charge in [0.2, 0.25) is 5.91 Å². The number of non-ortho nitro benzene ring substituents is 1. The van der Waals surface area contributed by atoms with E-state index in [1.807, 2.05) is 48.5 Å². The topological polar surface area (TPSA) is 138 Å². The summed E-state index contributed by atoms with van der Waals surface area (Å²) in [5, 5.41) is 22.7. The molecular weight excluding hydrogens is 506 g/mol. The monoisotopic (exact) mass is 527 g/mol. The lowest BCUT2D eigenvalue weighted by Gasteiger charge is -2.13. The molecule has 2 heterocycles. The van der Waals surface area contributed by atoms with Crippen LogP contribution in [-0.2, 0) is 23.6 Å². The number of aromatic nitrogens is 5. The average molecular weight is 528 g/mol. The summed E-state index contributed by atoms with van der Waals surface area (Å²) in [7, 11) is 0. The highest BCUT2D eigenvalue weighted by atomic mass is 32.2. The van der Waals surface area contributed by atoms with Gasteiger partial charge in [-0.15, -0.1) is 5.10 Å². The number of nitrogens with zero attached hydrogens (tertiary/aromatic N) is 6. The third kappa shape index (κ3) is 5.76. The summed E-state index contributed by atoms with van der Waals surface area (Å²) in [5.41, 5.74) is 2.49. The number of carbonyl (C=O) groups excluding carboxylic acids is 1. The zero-order valence-corrected chi connectivity index (χ0v) is 20.7. The lowest BCUT2D eigenvalue weighted by Crippen LogP contribution is -2.24. The van der Waals surface area contributed by atoms with Crippen molar-refractivity contribution in [1.82, 2.24) is 24.5 Å². The molecule has 0 aliphatic carbocycles. The molecule has 0 saturated carbocycles. The van der Waals surface area contributed by atoms with Gasteiger partial charge in [-0.3, -0.25) is 24.3 Å². The normalized spacial score (nSPS) is 10.9. The summed E-state index contributed by atoms with van der Waals surface area (Å²) >= 11 is 1.37. The molecule has 2 aromatic heterocycles. The summed E-state index contributed by atoms with van der Waals surface area (Å²) in [4.78, 5) is 40.7. The van der Waals surface area contributed by atoms with Gasteiger partial charge in [-0.1, -0.05) is 59.4 Å². The van der Waals surface area contributed by atoms with Gasteiger partial charge in [0.15, 0.2) is 5.16 Å². The van der Waals surface area contributed by atoms with Crippen molar-refractivity contribution in [2.45, 2.75) is 24.0 Å². The Bertz CT molecular complexity index is 1670. The minimum atomic E-state index is -0.505. The van der Waals surface area contributed by atoms with Crippen molar-refractivity contribution in [3.63, 3.8) is 0 Å². The molecule has 0 spiro atoms. The fourth-order valence-electron chi connectivity index (χ4n) is 3.80. The van der Waals surface area contributed by atoms with E-state index in [2.05, 4.69) is 15.6 Å². The van der Waals surface area contributed by atoms with Gasteiger partial charge in [-0.25, -0.2) is 9.67 Å². The first-order valence-corrected chi connectivity index (χ1v) is 12.5. The Morgan fingerprint density at radius 3 is 2.50 bits per heavy atom. The number of nitro groups is 1. The van der Waals surface area contributed by atoms with Crippen LogP contribution in [0.25, 0.3) is 10.9 Å². The van der Waals surface area contributed by atoms with Crippen LogP contribution in [0.3, 0.4) is 0 Å². The fourth-order valence-corrected chi connectivity index (χ4v) is 4.67. The van der Waals surface area contributed by atoms with E-state index < -0.39 is 4.92 Å². The van der Waals surface area contributed by atoms with Crippen molar-refractivity contribution in [1.29, 1.82) is 0 Å². The first-order chi connectivity index (χ1) is 18.5. The van der Waals surface area contributed by atoms with Crippen molar-refractivity contribution in [2.75, 3.05) is 5.32 Å². The van der Waals surface area contributed by atoms with E-state index in [1.54, 1.807) is 16.8 Å². The highest BCUT2D eigenvalue weighted by Crippen LogP contribution is 2.22. The first kappa shape index (κ1) is 24.8. The maximum Gasteiger partial charge on any atom is 0.269 e. The molecule has 5 rings (SSSR count). The van der Waals surface area contributed by atoms with E-state index in [9.17, 15) is 19.7 Å². The molecule has 5 aromatic rings. The molecule has 0 unspecified atom stereocenters. The minimum Gasteiger partial charge on any atom is -0.324 e. The molecule has 12 heteroatoms.